The number of carbonyl (C=O) groups excluding carboxylic acids is 1. The number of carbonyl (C=O) groups is 1. The van der Waals surface area contributed by atoms with E-state index in [0.29, 0.717) is 0 Å². The van der Waals surface area contributed by atoms with E-state index in [1.54, 1.807) is 0 Å². The zero-order chi connectivity index (χ0) is 24.3. The van der Waals surface area contributed by atoms with E-state index < -0.39 is 28.3 Å². The third kappa shape index (κ3) is 5.87. The lowest BCUT2D eigenvalue weighted by Crippen LogP contribution is -2.39. The maximum Gasteiger partial charge on any atom is 0.260 e. The Hall–Kier alpha value is -3.46. The molecule has 0 saturated heterocycles. The molecular weight excluding hydrogens is 443 g/mol. The number of hydrogen-bond donors (Lipinski definition) is 1. The summed E-state index contributed by atoms with van der Waals surface area (Å²) < 4.78 is 40.4. The standard InChI is InChI=1S/C24H27FN4O3S/c1-16-10-17(2)12-23(11-16)29-18(3)13-20(19(29)4)14-26-27-24(30)15-28(33(5,31)32)22-8-6-21(25)7-9-22/h6-14H,15H2,1-5H3,(H,27,30)/b26-14-. The Bertz CT molecular complexity index is 1290. The molecule has 1 N–H and O–H groups in total. The van der Waals surface area contributed by atoms with Gasteiger partial charge in [0.25, 0.3) is 5.91 Å². The van der Waals surface area contributed by atoms with Crippen LogP contribution in [0, 0.1) is 33.5 Å². The minimum absolute atomic E-state index is 0.190. The summed E-state index contributed by atoms with van der Waals surface area (Å²) in [4.78, 5) is 12.4. The van der Waals surface area contributed by atoms with Gasteiger partial charge in [0.05, 0.1) is 18.2 Å². The molecule has 3 aromatic rings. The number of anilines is 1. The number of nitrogens with zero attached hydrogens (tertiary/aromatic N) is 3. The fourth-order valence-corrected chi connectivity index (χ4v) is 4.60. The second kappa shape index (κ2) is 9.58. The molecule has 1 aromatic heterocycles. The van der Waals surface area contributed by atoms with Crippen LogP contribution in [-0.4, -0.2) is 37.9 Å². The zero-order valence-electron chi connectivity index (χ0n) is 19.3. The molecule has 174 valence electrons. The highest BCUT2D eigenvalue weighted by molar-refractivity contribution is 7.92. The van der Waals surface area contributed by atoms with Gasteiger partial charge in [0.1, 0.15) is 12.4 Å². The van der Waals surface area contributed by atoms with Gasteiger partial charge in [-0.05, 0) is 81.3 Å². The van der Waals surface area contributed by atoms with Crippen molar-refractivity contribution in [3.8, 4) is 5.69 Å². The van der Waals surface area contributed by atoms with Gasteiger partial charge in [0.2, 0.25) is 10.0 Å². The largest absolute Gasteiger partial charge is 0.318 e. The Morgan fingerprint density at radius 2 is 1.67 bits per heavy atom. The molecule has 7 nitrogen and oxygen atoms in total. The van der Waals surface area contributed by atoms with Gasteiger partial charge >= 0.3 is 0 Å². The molecule has 0 unspecified atom stereocenters. The van der Waals surface area contributed by atoms with Gasteiger partial charge in [-0.25, -0.2) is 18.2 Å². The lowest BCUT2D eigenvalue weighted by molar-refractivity contribution is -0.119. The van der Waals surface area contributed by atoms with Gasteiger partial charge in [0, 0.05) is 22.6 Å². The summed E-state index contributed by atoms with van der Waals surface area (Å²) in [5, 5.41) is 4.01. The Labute approximate surface area is 193 Å². The molecule has 0 saturated carbocycles. The zero-order valence-corrected chi connectivity index (χ0v) is 20.1. The Kier molecular flexibility index (Phi) is 7.02. The number of aromatic nitrogens is 1. The number of amides is 1. The van der Waals surface area contributed by atoms with Crippen molar-refractivity contribution in [3.63, 3.8) is 0 Å². The molecule has 9 heteroatoms. The van der Waals surface area contributed by atoms with E-state index in [9.17, 15) is 17.6 Å². The number of aryl methyl sites for hydroxylation is 3. The number of benzene rings is 2. The molecule has 0 fully saturated rings. The number of hydrogen-bond acceptors (Lipinski definition) is 4. The third-order valence-corrected chi connectivity index (χ3v) is 6.27. The Morgan fingerprint density at radius 3 is 2.24 bits per heavy atom. The maximum absolute atomic E-state index is 13.2. The molecule has 0 radical (unpaired) electrons. The SMILES string of the molecule is Cc1cc(C)cc(-n2c(C)cc(/C=N\NC(=O)CN(c3ccc(F)cc3)S(C)(=O)=O)c2C)c1. The molecule has 2 aromatic carbocycles. The van der Waals surface area contributed by atoms with Crippen molar-refractivity contribution in [1.29, 1.82) is 0 Å². The summed E-state index contributed by atoms with van der Waals surface area (Å²) in [7, 11) is -3.75. The molecule has 3 rings (SSSR count). The summed E-state index contributed by atoms with van der Waals surface area (Å²) in [5.74, 6) is -1.12. The molecule has 0 bridgehead atoms. The summed E-state index contributed by atoms with van der Waals surface area (Å²) in [6, 6.07) is 13.1. The Morgan fingerprint density at radius 1 is 1.06 bits per heavy atom. The molecular formula is C24H27FN4O3S. The van der Waals surface area contributed by atoms with Crippen LogP contribution in [0.1, 0.15) is 28.1 Å². The van der Waals surface area contributed by atoms with Crippen molar-refractivity contribution < 1.29 is 17.6 Å². The van der Waals surface area contributed by atoms with E-state index in [2.05, 4.69) is 33.3 Å². The minimum atomic E-state index is -3.75. The molecule has 0 atom stereocenters. The van der Waals surface area contributed by atoms with E-state index in [0.717, 1.165) is 56.5 Å². The van der Waals surface area contributed by atoms with Crippen molar-refractivity contribution in [3.05, 3.63) is 82.4 Å². The molecule has 0 aliphatic carbocycles. The second-order valence-corrected chi connectivity index (χ2v) is 9.95. The summed E-state index contributed by atoms with van der Waals surface area (Å²) in [5.41, 5.74) is 8.74. The lowest BCUT2D eigenvalue weighted by Gasteiger charge is -2.21. The van der Waals surface area contributed by atoms with Gasteiger partial charge in [-0.15, -0.1) is 0 Å². The number of rotatable bonds is 7. The molecule has 0 aliphatic heterocycles. The predicted molar refractivity (Wildman–Crippen MR) is 129 cm³/mol. The number of nitrogens with one attached hydrogen (secondary N) is 1. The monoisotopic (exact) mass is 470 g/mol. The summed E-state index contributed by atoms with van der Waals surface area (Å²) in [6.07, 6.45) is 2.51. The molecule has 33 heavy (non-hydrogen) atoms. The van der Waals surface area contributed by atoms with E-state index in [4.69, 9.17) is 0 Å². The van der Waals surface area contributed by atoms with Crippen LogP contribution in [0.5, 0.6) is 0 Å². The maximum atomic E-state index is 13.2. The quantitative estimate of drug-likeness (QED) is 0.422. The average Bonchev–Trinajstić information content (AvgIpc) is 2.98. The third-order valence-electron chi connectivity index (χ3n) is 5.13. The van der Waals surface area contributed by atoms with Crippen LogP contribution in [0.15, 0.2) is 53.6 Å². The van der Waals surface area contributed by atoms with Gasteiger partial charge in [-0.1, -0.05) is 6.07 Å². The normalized spacial score (nSPS) is 11.7. The van der Waals surface area contributed by atoms with Crippen molar-refractivity contribution in [2.45, 2.75) is 27.7 Å². The topological polar surface area (TPSA) is 83.8 Å². The van der Waals surface area contributed by atoms with Crippen LogP contribution in [0.4, 0.5) is 10.1 Å². The summed E-state index contributed by atoms with van der Waals surface area (Å²) in [6.45, 7) is 7.58. The van der Waals surface area contributed by atoms with Gasteiger partial charge in [-0.3, -0.25) is 9.10 Å². The molecule has 1 heterocycles. The van der Waals surface area contributed by atoms with E-state index in [1.807, 2.05) is 33.8 Å². The van der Waals surface area contributed by atoms with E-state index >= 15 is 0 Å². The van der Waals surface area contributed by atoms with Crippen LogP contribution < -0.4 is 9.73 Å². The minimum Gasteiger partial charge on any atom is -0.318 e. The van der Waals surface area contributed by atoms with Crippen molar-refractivity contribution >= 4 is 27.8 Å². The number of hydrazone groups is 1. The van der Waals surface area contributed by atoms with Crippen LogP contribution in [0.3, 0.4) is 0 Å². The number of halogens is 1. The first-order valence-electron chi connectivity index (χ1n) is 10.3. The van der Waals surface area contributed by atoms with Gasteiger partial charge in [0.15, 0.2) is 0 Å². The van der Waals surface area contributed by atoms with E-state index in [1.165, 1.54) is 18.3 Å². The smallest absolute Gasteiger partial charge is 0.260 e. The lowest BCUT2D eigenvalue weighted by atomic mass is 10.1. The van der Waals surface area contributed by atoms with Crippen LogP contribution in [0.25, 0.3) is 5.69 Å². The van der Waals surface area contributed by atoms with Gasteiger partial charge < -0.3 is 4.57 Å². The summed E-state index contributed by atoms with van der Waals surface area (Å²) >= 11 is 0. The second-order valence-electron chi connectivity index (χ2n) is 8.05. The molecule has 0 spiro atoms. The van der Waals surface area contributed by atoms with Crippen LogP contribution in [0.2, 0.25) is 0 Å². The first-order valence-corrected chi connectivity index (χ1v) is 12.1. The molecule has 0 aliphatic rings. The van der Waals surface area contributed by atoms with Crippen LogP contribution in [-0.2, 0) is 14.8 Å². The fourth-order valence-electron chi connectivity index (χ4n) is 3.74. The van der Waals surface area contributed by atoms with Crippen molar-refractivity contribution in [2.75, 3.05) is 17.1 Å². The first-order chi connectivity index (χ1) is 15.5. The van der Waals surface area contributed by atoms with Crippen LogP contribution >= 0.6 is 0 Å². The predicted octanol–water partition coefficient (Wildman–Crippen LogP) is 3.77. The van der Waals surface area contributed by atoms with Crippen molar-refractivity contribution in [2.24, 2.45) is 5.10 Å². The Balaban J connectivity index is 1.75. The highest BCUT2D eigenvalue weighted by Gasteiger charge is 2.20. The fraction of sp³-hybridized carbons (Fsp3) is 0.250. The molecule has 1 amide bonds. The average molecular weight is 471 g/mol. The first kappa shape index (κ1) is 24.2. The van der Waals surface area contributed by atoms with E-state index in [-0.39, 0.29) is 5.69 Å². The highest BCUT2D eigenvalue weighted by atomic mass is 32.2. The number of sulfonamides is 1. The van der Waals surface area contributed by atoms with Crippen molar-refractivity contribution in [1.82, 2.24) is 9.99 Å². The highest BCUT2D eigenvalue weighted by Crippen LogP contribution is 2.22. The van der Waals surface area contributed by atoms with Gasteiger partial charge in [-0.2, -0.15) is 5.10 Å².